The van der Waals surface area contributed by atoms with Crippen LogP contribution in [0, 0.1) is 40.8 Å². The molecule has 218 valence electrons. The van der Waals surface area contributed by atoms with Gasteiger partial charge in [-0.2, -0.15) is 22.0 Å². The molecule has 0 amide bonds. The molecule has 0 bridgehead atoms. The van der Waals surface area contributed by atoms with E-state index in [9.17, 15) is 48.3 Å². The van der Waals surface area contributed by atoms with E-state index in [1.54, 1.807) is 0 Å². The highest BCUT2D eigenvalue weighted by atomic mass is 19.4. The molecule has 0 aromatic heterocycles. The summed E-state index contributed by atoms with van der Waals surface area (Å²) in [5.74, 6) is -12.5. The average molecular weight is 586 g/mol. The van der Waals surface area contributed by atoms with Crippen LogP contribution in [-0.2, 0) is 17.0 Å². The SMILES string of the molecule is C.CC1CC[C@@H](c2cc(F)c(-c3cc(F)c(C(F)(F)Oc4cc(F)c(C(F)(F)F)c(F)c4)c(F)c3)c(F)c2)OC1. The van der Waals surface area contributed by atoms with Crippen molar-refractivity contribution in [1.82, 2.24) is 0 Å². The maximum atomic E-state index is 14.8. The van der Waals surface area contributed by atoms with Crippen LogP contribution >= 0.6 is 0 Å². The van der Waals surface area contributed by atoms with Gasteiger partial charge in [-0.3, -0.25) is 0 Å². The van der Waals surface area contributed by atoms with Crippen LogP contribution in [0.3, 0.4) is 0 Å². The number of rotatable bonds is 5. The van der Waals surface area contributed by atoms with Gasteiger partial charge >= 0.3 is 12.3 Å². The molecule has 2 atom stereocenters. The van der Waals surface area contributed by atoms with Crippen LogP contribution in [0.25, 0.3) is 11.1 Å². The summed E-state index contributed by atoms with van der Waals surface area (Å²) in [7, 11) is 0. The lowest BCUT2D eigenvalue weighted by Gasteiger charge is -2.27. The monoisotopic (exact) mass is 586 g/mol. The minimum atomic E-state index is -5.51. The maximum absolute atomic E-state index is 14.8. The zero-order valence-corrected chi connectivity index (χ0v) is 19.7. The number of hydrogen-bond acceptors (Lipinski definition) is 2. The third-order valence-electron chi connectivity index (χ3n) is 6.11. The molecule has 1 unspecified atom stereocenters. The lowest BCUT2D eigenvalue weighted by atomic mass is 9.93. The summed E-state index contributed by atoms with van der Waals surface area (Å²) in [4.78, 5) is 0. The fourth-order valence-corrected chi connectivity index (χ4v) is 4.27. The predicted octanol–water partition coefficient (Wildman–Crippen LogP) is 9.46. The number of halogens is 11. The van der Waals surface area contributed by atoms with Crippen LogP contribution in [0.5, 0.6) is 5.75 Å². The van der Waals surface area contributed by atoms with Gasteiger partial charge in [0.2, 0.25) is 0 Å². The van der Waals surface area contributed by atoms with Gasteiger partial charge in [-0.05, 0) is 54.2 Å². The Morgan fingerprint density at radius 2 is 1.20 bits per heavy atom. The Morgan fingerprint density at radius 3 is 1.65 bits per heavy atom. The third-order valence-corrected chi connectivity index (χ3v) is 6.11. The van der Waals surface area contributed by atoms with E-state index in [-0.39, 0.29) is 43.2 Å². The van der Waals surface area contributed by atoms with Crippen molar-refractivity contribution in [3.8, 4) is 16.9 Å². The molecule has 40 heavy (non-hydrogen) atoms. The first kappa shape index (κ1) is 31.2. The molecule has 1 saturated heterocycles. The first-order chi connectivity index (χ1) is 18.1. The predicted molar refractivity (Wildman–Crippen MR) is 121 cm³/mol. The Balaban J connectivity index is 0.00000441. The summed E-state index contributed by atoms with van der Waals surface area (Å²) < 4.78 is 163. The van der Waals surface area contributed by atoms with Crippen LogP contribution in [-0.4, -0.2) is 6.61 Å². The Labute approximate surface area is 221 Å². The van der Waals surface area contributed by atoms with E-state index in [2.05, 4.69) is 4.74 Å². The van der Waals surface area contributed by atoms with E-state index in [0.717, 1.165) is 18.6 Å². The van der Waals surface area contributed by atoms with Crippen molar-refractivity contribution < 1.29 is 57.8 Å². The van der Waals surface area contributed by atoms with Gasteiger partial charge in [0.25, 0.3) is 0 Å². The third kappa shape index (κ3) is 6.18. The summed E-state index contributed by atoms with van der Waals surface area (Å²) in [6, 6.07) is 1.68. The number of alkyl halides is 5. The quantitative estimate of drug-likeness (QED) is 0.278. The molecule has 0 N–H and O–H groups in total. The fraction of sp³-hybridized carbons (Fsp3) is 0.333. The molecule has 0 aliphatic carbocycles. The topological polar surface area (TPSA) is 18.5 Å². The minimum absolute atomic E-state index is 0. The molecule has 13 heteroatoms. The molecular weight excluding hydrogens is 565 g/mol. The highest BCUT2D eigenvalue weighted by Crippen LogP contribution is 2.41. The molecule has 0 saturated carbocycles. The largest absolute Gasteiger partial charge is 0.432 e. The zero-order valence-electron chi connectivity index (χ0n) is 19.7. The van der Waals surface area contributed by atoms with Gasteiger partial charge in [-0.15, -0.1) is 0 Å². The summed E-state index contributed by atoms with van der Waals surface area (Å²) in [5, 5.41) is 0. The molecule has 4 rings (SSSR count). The Hall–Kier alpha value is -3.35. The lowest BCUT2D eigenvalue weighted by Crippen LogP contribution is -2.25. The Morgan fingerprint density at radius 1 is 0.700 bits per heavy atom. The van der Waals surface area contributed by atoms with Crippen molar-refractivity contribution in [1.29, 1.82) is 0 Å². The highest BCUT2D eigenvalue weighted by Gasteiger charge is 2.43. The van der Waals surface area contributed by atoms with E-state index in [1.165, 1.54) is 0 Å². The van der Waals surface area contributed by atoms with E-state index >= 15 is 0 Å². The maximum Gasteiger partial charge on any atom is 0.432 e. The molecule has 3 aromatic rings. The van der Waals surface area contributed by atoms with Gasteiger partial charge in [0.15, 0.2) is 0 Å². The molecule has 1 aliphatic heterocycles. The van der Waals surface area contributed by atoms with Crippen LogP contribution in [0.15, 0.2) is 36.4 Å². The van der Waals surface area contributed by atoms with E-state index < -0.39 is 81.3 Å². The van der Waals surface area contributed by atoms with Gasteiger partial charge in [-0.1, -0.05) is 14.4 Å². The summed E-state index contributed by atoms with van der Waals surface area (Å²) in [6.45, 7) is 2.29. The zero-order chi connectivity index (χ0) is 28.9. The highest BCUT2D eigenvalue weighted by molar-refractivity contribution is 5.66. The minimum Gasteiger partial charge on any atom is -0.429 e. The van der Waals surface area contributed by atoms with Crippen molar-refractivity contribution in [2.75, 3.05) is 6.61 Å². The molecule has 1 fully saturated rings. The van der Waals surface area contributed by atoms with Gasteiger partial charge < -0.3 is 9.47 Å². The molecule has 0 spiro atoms. The van der Waals surface area contributed by atoms with E-state index in [0.29, 0.717) is 13.0 Å². The number of ether oxygens (including phenoxy) is 2. The van der Waals surface area contributed by atoms with Gasteiger partial charge in [-0.25, -0.2) is 26.3 Å². The normalized spacial score (nSPS) is 17.9. The Kier molecular flexibility index (Phi) is 8.78. The standard InChI is InChI=1S/C26H17F11O2.CH4/c1-11-2-3-21(38-10-11)12-4-15(27)22(16(28)5-12)13-6-17(29)24(18(30)7-13)26(36,37)39-14-8-19(31)23(20(32)9-14)25(33,34)35;/h4-9,11,21H,2-3,10H2,1H3;1H4/t11?,21-;/m0./s1. The molecule has 0 radical (unpaired) electrons. The first-order valence-electron chi connectivity index (χ1n) is 11.3. The fourth-order valence-electron chi connectivity index (χ4n) is 4.27. The van der Waals surface area contributed by atoms with Crippen molar-refractivity contribution in [3.05, 3.63) is 88.0 Å². The van der Waals surface area contributed by atoms with Crippen molar-refractivity contribution in [2.45, 2.75) is 45.6 Å². The van der Waals surface area contributed by atoms with Crippen molar-refractivity contribution in [2.24, 2.45) is 5.92 Å². The molecule has 1 aliphatic rings. The van der Waals surface area contributed by atoms with Crippen LogP contribution in [0.1, 0.15) is 50.0 Å². The lowest BCUT2D eigenvalue weighted by molar-refractivity contribution is -0.189. The van der Waals surface area contributed by atoms with Crippen LogP contribution < -0.4 is 4.74 Å². The van der Waals surface area contributed by atoms with Gasteiger partial charge in [0, 0.05) is 18.7 Å². The van der Waals surface area contributed by atoms with E-state index in [1.807, 2.05) is 6.92 Å². The number of benzene rings is 3. The second-order valence-electron chi connectivity index (χ2n) is 9.06. The van der Waals surface area contributed by atoms with Crippen molar-refractivity contribution >= 4 is 0 Å². The molecule has 3 aromatic carbocycles. The average Bonchev–Trinajstić information content (AvgIpc) is 2.76. The Bertz CT molecular complexity index is 1320. The van der Waals surface area contributed by atoms with E-state index in [4.69, 9.17) is 4.74 Å². The smallest absolute Gasteiger partial charge is 0.429 e. The summed E-state index contributed by atoms with van der Waals surface area (Å²) in [6.07, 6.45) is -9.93. The molecule has 1 heterocycles. The molecule has 2 nitrogen and oxygen atoms in total. The van der Waals surface area contributed by atoms with Crippen molar-refractivity contribution in [3.63, 3.8) is 0 Å². The second kappa shape index (κ2) is 11.3. The van der Waals surface area contributed by atoms with Crippen LogP contribution in [0.4, 0.5) is 48.3 Å². The summed E-state index contributed by atoms with van der Waals surface area (Å²) in [5.41, 5.74) is -6.10. The van der Waals surface area contributed by atoms with Gasteiger partial charge in [0.1, 0.15) is 51.8 Å². The first-order valence-corrected chi connectivity index (χ1v) is 11.3. The summed E-state index contributed by atoms with van der Waals surface area (Å²) >= 11 is 0. The van der Waals surface area contributed by atoms with Gasteiger partial charge in [0.05, 0.1) is 11.7 Å². The number of hydrogen-bond donors (Lipinski definition) is 0. The van der Waals surface area contributed by atoms with Crippen LogP contribution in [0.2, 0.25) is 0 Å². The molecular formula is C27H21F11O2. The second-order valence-corrected chi connectivity index (χ2v) is 9.06.